The van der Waals surface area contributed by atoms with E-state index in [1.807, 2.05) is 0 Å². The first-order valence-corrected chi connectivity index (χ1v) is 9.46. The van der Waals surface area contributed by atoms with Crippen molar-refractivity contribution in [2.24, 2.45) is 5.41 Å². The van der Waals surface area contributed by atoms with Crippen molar-refractivity contribution < 1.29 is 18.9 Å². The quantitative estimate of drug-likeness (QED) is 0.362. The third kappa shape index (κ3) is 8.28. The van der Waals surface area contributed by atoms with Gasteiger partial charge in [0.2, 0.25) is 0 Å². The molecule has 1 fully saturated rings. The lowest BCUT2D eigenvalue weighted by molar-refractivity contribution is -0.122. The molecule has 0 radical (unpaired) electrons. The van der Waals surface area contributed by atoms with Gasteiger partial charge < -0.3 is 18.9 Å². The number of rotatable bonds is 13. The summed E-state index contributed by atoms with van der Waals surface area (Å²) >= 11 is 0. The summed E-state index contributed by atoms with van der Waals surface area (Å²) in [5, 5.41) is 0. The summed E-state index contributed by atoms with van der Waals surface area (Å²) in [6.45, 7) is 20.4. The second kappa shape index (κ2) is 8.98. The average Bonchev–Trinajstić information content (AvgIpc) is 3.25. The zero-order valence-electron chi connectivity index (χ0n) is 17.2. The molecule has 24 heavy (non-hydrogen) atoms. The highest BCUT2D eigenvalue weighted by atomic mass is 16.6. The van der Waals surface area contributed by atoms with Gasteiger partial charge in [-0.05, 0) is 66.2 Å². The second-order valence-corrected chi connectivity index (χ2v) is 9.04. The summed E-state index contributed by atoms with van der Waals surface area (Å²) in [6.07, 6.45) is 3.66. The zero-order chi connectivity index (χ0) is 18.4. The van der Waals surface area contributed by atoms with Gasteiger partial charge in [-0.3, -0.25) is 0 Å². The van der Waals surface area contributed by atoms with Crippen molar-refractivity contribution in [1.29, 1.82) is 0 Å². The van der Waals surface area contributed by atoms with Gasteiger partial charge in [-0.2, -0.15) is 0 Å². The zero-order valence-corrected chi connectivity index (χ0v) is 17.2. The maximum absolute atomic E-state index is 6.28. The Balaban J connectivity index is 2.31. The molecule has 1 rings (SSSR count). The summed E-state index contributed by atoms with van der Waals surface area (Å²) in [5.74, 6) is 0. The largest absolute Gasteiger partial charge is 0.379 e. The van der Waals surface area contributed by atoms with E-state index in [1.54, 1.807) is 0 Å². The Morgan fingerprint density at radius 2 is 1.58 bits per heavy atom. The highest BCUT2D eigenvalue weighted by molar-refractivity contribution is 4.88. The molecule has 144 valence electrons. The molecule has 0 aromatic carbocycles. The molecule has 0 bridgehead atoms. The third-order valence-corrected chi connectivity index (χ3v) is 5.26. The van der Waals surface area contributed by atoms with Crippen LogP contribution in [0.4, 0.5) is 0 Å². The molecule has 0 aromatic rings. The Hall–Kier alpha value is -0.160. The first kappa shape index (κ1) is 21.9. The van der Waals surface area contributed by atoms with Crippen LogP contribution in [-0.2, 0) is 18.9 Å². The molecule has 1 aliphatic heterocycles. The van der Waals surface area contributed by atoms with E-state index in [1.165, 1.54) is 0 Å². The van der Waals surface area contributed by atoms with E-state index >= 15 is 0 Å². The summed E-state index contributed by atoms with van der Waals surface area (Å²) in [6, 6.07) is 0. The summed E-state index contributed by atoms with van der Waals surface area (Å²) in [4.78, 5) is 0. The molecule has 0 aromatic heterocycles. The van der Waals surface area contributed by atoms with E-state index in [0.717, 1.165) is 32.5 Å². The SMILES string of the molecule is CC(C)OCCCC(C)(C)C(C)(C)OCCC(C)(C)OCC1CO1. The lowest BCUT2D eigenvalue weighted by atomic mass is 9.73. The molecule has 1 heterocycles. The van der Waals surface area contributed by atoms with Crippen molar-refractivity contribution in [3.05, 3.63) is 0 Å². The van der Waals surface area contributed by atoms with Crippen LogP contribution < -0.4 is 0 Å². The number of epoxide rings is 1. The van der Waals surface area contributed by atoms with Gasteiger partial charge >= 0.3 is 0 Å². The smallest absolute Gasteiger partial charge is 0.104 e. The monoisotopic (exact) mass is 344 g/mol. The van der Waals surface area contributed by atoms with E-state index in [9.17, 15) is 0 Å². The van der Waals surface area contributed by atoms with E-state index < -0.39 is 0 Å². The van der Waals surface area contributed by atoms with E-state index in [0.29, 0.717) is 25.4 Å². The van der Waals surface area contributed by atoms with Crippen molar-refractivity contribution >= 4 is 0 Å². The summed E-state index contributed by atoms with van der Waals surface area (Å²) in [7, 11) is 0. The van der Waals surface area contributed by atoms with Crippen molar-refractivity contribution in [3.8, 4) is 0 Å². The Morgan fingerprint density at radius 1 is 0.958 bits per heavy atom. The van der Waals surface area contributed by atoms with Crippen LogP contribution in [0.3, 0.4) is 0 Å². The van der Waals surface area contributed by atoms with Gasteiger partial charge in [0.25, 0.3) is 0 Å². The Bertz CT molecular complexity index is 357. The molecular weight excluding hydrogens is 304 g/mol. The van der Waals surface area contributed by atoms with Crippen LogP contribution >= 0.6 is 0 Å². The summed E-state index contributed by atoms with van der Waals surface area (Å²) < 4.78 is 23.1. The minimum Gasteiger partial charge on any atom is -0.379 e. The van der Waals surface area contributed by atoms with E-state index in [-0.39, 0.29) is 16.6 Å². The van der Waals surface area contributed by atoms with Gasteiger partial charge in [0.15, 0.2) is 0 Å². The standard InChI is InChI=1S/C20H40O4/c1-16(2)21-12-9-10-18(3,4)20(7,8)23-13-11-19(5,6)24-15-17-14-22-17/h16-17H,9-15H2,1-8H3. The highest BCUT2D eigenvalue weighted by Gasteiger charge is 2.38. The highest BCUT2D eigenvalue weighted by Crippen LogP contribution is 2.38. The topological polar surface area (TPSA) is 40.2 Å². The maximum Gasteiger partial charge on any atom is 0.104 e. The van der Waals surface area contributed by atoms with Gasteiger partial charge in [0.1, 0.15) is 6.10 Å². The normalized spacial score (nSPS) is 19.1. The second-order valence-electron chi connectivity index (χ2n) is 9.04. The van der Waals surface area contributed by atoms with Crippen LogP contribution in [-0.4, -0.2) is 49.8 Å². The van der Waals surface area contributed by atoms with Crippen LogP contribution in [0, 0.1) is 5.41 Å². The summed E-state index contributed by atoms with van der Waals surface area (Å²) in [5.41, 5.74) is -0.252. The maximum atomic E-state index is 6.28. The molecule has 4 nitrogen and oxygen atoms in total. The van der Waals surface area contributed by atoms with E-state index in [4.69, 9.17) is 18.9 Å². The molecular formula is C20H40O4. The van der Waals surface area contributed by atoms with Crippen molar-refractivity contribution in [3.63, 3.8) is 0 Å². The van der Waals surface area contributed by atoms with Gasteiger partial charge in [0, 0.05) is 6.61 Å². The number of hydrogen-bond acceptors (Lipinski definition) is 4. The Kier molecular flexibility index (Phi) is 8.18. The van der Waals surface area contributed by atoms with Crippen LogP contribution in [0.25, 0.3) is 0 Å². The van der Waals surface area contributed by atoms with Crippen LogP contribution in [0.1, 0.15) is 74.7 Å². The molecule has 4 heteroatoms. The fourth-order valence-electron chi connectivity index (χ4n) is 2.44. The van der Waals surface area contributed by atoms with Crippen molar-refractivity contribution in [2.75, 3.05) is 26.4 Å². The predicted molar refractivity (Wildman–Crippen MR) is 98.5 cm³/mol. The molecule has 1 unspecified atom stereocenters. The fourth-order valence-corrected chi connectivity index (χ4v) is 2.44. The molecule has 0 spiro atoms. The lowest BCUT2D eigenvalue weighted by Crippen LogP contribution is -2.43. The van der Waals surface area contributed by atoms with Gasteiger partial charge in [0.05, 0.1) is 37.1 Å². The molecule has 0 amide bonds. The van der Waals surface area contributed by atoms with Crippen molar-refractivity contribution in [1.82, 2.24) is 0 Å². The predicted octanol–water partition coefficient (Wildman–Crippen LogP) is 4.60. The lowest BCUT2D eigenvalue weighted by Gasteiger charge is -2.42. The van der Waals surface area contributed by atoms with Crippen LogP contribution in [0.5, 0.6) is 0 Å². The molecule has 1 aliphatic rings. The van der Waals surface area contributed by atoms with Gasteiger partial charge in [-0.1, -0.05) is 13.8 Å². The first-order chi connectivity index (χ1) is 11.0. The third-order valence-electron chi connectivity index (χ3n) is 5.26. The number of ether oxygens (including phenoxy) is 4. The van der Waals surface area contributed by atoms with Crippen LogP contribution in [0.2, 0.25) is 0 Å². The minimum absolute atomic E-state index is 0.0974. The molecule has 1 saturated heterocycles. The first-order valence-electron chi connectivity index (χ1n) is 9.46. The average molecular weight is 345 g/mol. The molecule has 0 aliphatic carbocycles. The molecule has 0 saturated carbocycles. The Labute approximate surface area is 149 Å². The number of hydrogen-bond donors (Lipinski definition) is 0. The molecule has 1 atom stereocenters. The van der Waals surface area contributed by atoms with Gasteiger partial charge in [-0.15, -0.1) is 0 Å². The fraction of sp³-hybridized carbons (Fsp3) is 1.00. The van der Waals surface area contributed by atoms with Gasteiger partial charge in [-0.25, -0.2) is 0 Å². The molecule has 0 N–H and O–H groups in total. The Morgan fingerprint density at radius 3 is 2.12 bits per heavy atom. The van der Waals surface area contributed by atoms with E-state index in [2.05, 4.69) is 55.4 Å². The van der Waals surface area contributed by atoms with Crippen LogP contribution in [0.15, 0.2) is 0 Å². The van der Waals surface area contributed by atoms with Crippen molar-refractivity contribution in [2.45, 2.75) is 98.1 Å². The minimum atomic E-state index is -0.180.